The van der Waals surface area contributed by atoms with E-state index in [0.717, 1.165) is 7.11 Å². The summed E-state index contributed by atoms with van der Waals surface area (Å²) in [6.07, 6.45) is -8.17. The molecule has 24 nitrogen and oxygen atoms in total. The van der Waals surface area contributed by atoms with Crippen LogP contribution < -0.4 is 0 Å². The second-order valence-electron chi connectivity index (χ2n) is 27.4. The molecule has 0 aliphatic carbocycles. The van der Waals surface area contributed by atoms with E-state index in [4.69, 9.17) is 66.7 Å². The average Bonchev–Trinajstić information content (AvgIpc) is 2.77. The first-order valence-electron chi connectivity index (χ1n) is 31.3. The highest BCUT2D eigenvalue weighted by atomic mass is 16.8. The predicted molar refractivity (Wildman–Crippen MR) is 311 cm³/mol. The number of esters is 3. The molecule has 28 atom stereocenters. The van der Waals surface area contributed by atoms with E-state index in [-0.39, 0.29) is 47.7 Å². The SMILES string of the molecule is CC[C@H]1OC(=O)O[C@@]1(C)[C@@H]1OC(=O)[C@H](C)C(=O)[C@H](C)[C@@H](O[C@@H]2OC(C)CC(N(C)C)C2O)[C@]2(C)CC(C)C(O2)[C@@H]1C.CC[C@H]1OC(=O)O[C@@]1(C)[C@@H]1OC(=O)[C@H](C)C(=O)[C@H](C)[C@@H](O[C@@H]2OC(C)CC(N(C)C)C2OC(C)=O)[C@]2(C)CC(C)C(O2)[C@@H]1C.CO. The number of ketones is 2. The van der Waals surface area contributed by atoms with Crippen LogP contribution in [0.1, 0.15) is 156 Å². The van der Waals surface area contributed by atoms with E-state index < -0.39 is 162 Å². The van der Waals surface area contributed by atoms with E-state index in [1.54, 1.807) is 27.7 Å². The summed E-state index contributed by atoms with van der Waals surface area (Å²) in [5, 5.41) is 18.2. The van der Waals surface area contributed by atoms with Gasteiger partial charge < -0.3 is 81.6 Å². The maximum atomic E-state index is 14.0. The lowest BCUT2D eigenvalue weighted by Gasteiger charge is -2.46. The Morgan fingerprint density at radius 3 is 1.31 bits per heavy atom. The van der Waals surface area contributed by atoms with Crippen molar-refractivity contribution in [2.75, 3.05) is 35.3 Å². The minimum Gasteiger partial charge on any atom is -0.457 e. The fourth-order valence-electron chi connectivity index (χ4n) is 15.6. The zero-order valence-corrected chi connectivity index (χ0v) is 55.6. The molecule has 0 spiro atoms. The number of nitrogens with zero attached hydrogens (tertiary/aromatic N) is 2. The number of likely N-dealkylation sites (N-methyl/N-ethyl adjacent to an activating group) is 2. The Bertz CT molecular complexity index is 2450. The van der Waals surface area contributed by atoms with Crippen molar-refractivity contribution < 1.29 is 105 Å². The molecule has 0 radical (unpaired) electrons. The van der Waals surface area contributed by atoms with Gasteiger partial charge in [-0.25, -0.2) is 9.59 Å². The number of carbonyl (C=O) groups excluding carboxylic acids is 7. The summed E-state index contributed by atoms with van der Waals surface area (Å²) in [6, 6.07) is -0.386. The molecule has 4 bridgehead atoms. The molecule has 0 amide bonds. The Morgan fingerprint density at radius 1 is 0.575 bits per heavy atom. The molecule has 87 heavy (non-hydrogen) atoms. The summed E-state index contributed by atoms with van der Waals surface area (Å²) in [5.41, 5.74) is -4.49. The maximum absolute atomic E-state index is 14.0. The summed E-state index contributed by atoms with van der Waals surface area (Å²) < 4.78 is 79.5. The molecule has 8 saturated heterocycles. The van der Waals surface area contributed by atoms with Gasteiger partial charge in [0, 0.05) is 43.7 Å². The number of ether oxygens (including phenoxy) is 13. The molecule has 2 N–H and O–H groups in total. The Hall–Kier alpha value is -4.11. The third-order valence-electron chi connectivity index (χ3n) is 20.1. The predicted octanol–water partition coefficient (Wildman–Crippen LogP) is 6.36. The lowest BCUT2D eigenvalue weighted by atomic mass is 9.76. The number of hydrogen-bond donors (Lipinski definition) is 2. The molecule has 8 aliphatic rings. The quantitative estimate of drug-likeness (QED) is 0.129. The van der Waals surface area contributed by atoms with Crippen LogP contribution in [0.4, 0.5) is 9.59 Å². The van der Waals surface area contributed by atoms with Crippen LogP contribution in [-0.2, 0) is 85.6 Å². The number of fused-ring (bicyclic) bond motifs is 4. The van der Waals surface area contributed by atoms with Crippen molar-refractivity contribution in [2.24, 2.45) is 47.3 Å². The van der Waals surface area contributed by atoms with Crippen molar-refractivity contribution in [3.63, 3.8) is 0 Å². The lowest BCUT2D eigenvalue weighted by Crippen LogP contribution is -2.59. The lowest BCUT2D eigenvalue weighted by molar-refractivity contribution is -0.298. The van der Waals surface area contributed by atoms with Gasteiger partial charge in [-0.3, -0.25) is 24.0 Å². The summed E-state index contributed by atoms with van der Waals surface area (Å²) in [6.45, 7) is 30.6. The van der Waals surface area contributed by atoms with Crippen LogP contribution in [0.5, 0.6) is 0 Å². The molecule has 8 heterocycles. The van der Waals surface area contributed by atoms with E-state index in [0.29, 0.717) is 38.5 Å². The average molecular weight is 1240 g/mol. The Balaban J connectivity index is 0.000000271. The van der Waals surface area contributed by atoms with Crippen LogP contribution in [0, 0.1) is 47.3 Å². The van der Waals surface area contributed by atoms with Crippen molar-refractivity contribution in [3.8, 4) is 0 Å². The first kappa shape index (κ1) is 72.0. The smallest absolute Gasteiger partial charge is 0.457 e. The minimum absolute atomic E-state index is 0.0196. The van der Waals surface area contributed by atoms with Gasteiger partial charge in [-0.1, -0.05) is 55.4 Å². The van der Waals surface area contributed by atoms with Crippen molar-refractivity contribution in [1.82, 2.24) is 9.80 Å². The van der Waals surface area contributed by atoms with Crippen LogP contribution in [-0.4, -0.2) is 217 Å². The van der Waals surface area contributed by atoms with Crippen molar-refractivity contribution >= 4 is 41.8 Å². The zero-order valence-electron chi connectivity index (χ0n) is 55.6. The van der Waals surface area contributed by atoms with Gasteiger partial charge in [0.25, 0.3) is 0 Å². The molecular weight excluding hydrogens is 1140 g/mol. The van der Waals surface area contributed by atoms with Crippen LogP contribution in [0.25, 0.3) is 0 Å². The summed E-state index contributed by atoms with van der Waals surface area (Å²) >= 11 is 0. The second kappa shape index (κ2) is 28.2. The Labute approximate surface area is 514 Å². The highest BCUT2D eigenvalue weighted by Gasteiger charge is 2.64. The van der Waals surface area contributed by atoms with E-state index in [2.05, 4.69) is 6.92 Å². The number of Topliss-reactive ketones (excluding diaryl/α,β-unsaturated/α-hetero) is 2. The first-order valence-corrected chi connectivity index (χ1v) is 31.3. The summed E-state index contributed by atoms with van der Waals surface area (Å²) in [7, 11) is 8.61. The van der Waals surface area contributed by atoms with Crippen LogP contribution in [0.2, 0.25) is 0 Å². The number of carbonyl (C=O) groups is 7. The first-order chi connectivity index (χ1) is 40.5. The van der Waals surface area contributed by atoms with Gasteiger partial charge in [0.1, 0.15) is 42.4 Å². The van der Waals surface area contributed by atoms with Gasteiger partial charge in [0.2, 0.25) is 0 Å². The van der Waals surface area contributed by atoms with E-state index in [9.17, 15) is 38.7 Å². The Morgan fingerprint density at radius 2 is 0.943 bits per heavy atom. The topological polar surface area (TPSA) is 286 Å². The summed E-state index contributed by atoms with van der Waals surface area (Å²) in [4.78, 5) is 95.7. The molecule has 0 saturated carbocycles. The number of aliphatic hydroxyl groups excluding tert-OH is 2. The van der Waals surface area contributed by atoms with Crippen molar-refractivity contribution in [1.29, 1.82) is 0 Å². The minimum atomic E-state index is -1.29. The largest absolute Gasteiger partial charge is 0.509 e. The Kier molecular flexibility index (Phi) is 23.3. The van der Waals surface area contributed by atoms with Gasteiger partial charge in [-0.15, -0.1) is 0 Å². The van der Waals surface area contributed by atoms with Crippen LogP contribution in [0.15, 0.2) is 0 Å². The van der Waals surface area contributed by atoms with Crippen molar-refractivity contribution in [2.45, 2.75) is 277 Å². The molecule has 8 fully saturated rings. The molecule has 0 aromatic rings. The molecule has 24 heteroatoms. The molecule has 8 aliphatic heterocycles. The molecule has 8 rings (SSSR count). The monoisotopic (exact) mass is 1240 g/mol. The highest BCUT2D eigenvalue weighted by molar-refractivity contribution is 6.00. The van der Waals surface area contributed by atoms with Crippen molar-refractivity contribution in [3.05, 3.63) is 0 Å². The highest BCUT2D eigenvalue weighted by Crippen LogP contribution is 2.51. The summed E-state index contributed by atoms with van der Waals surface area (Å²) in [5.74, 6) is -7.44. The second-order valence-corrected chi connectivity index (χ2v) is 27.4. The zero-order chi connectivity index (χ0) is 65.5. The van der Waals surface area contributed by atoms with Gasteiger partial charge in [-0.05, 0) is 134 Å². The fourth-order valence-corrected chi connectivity index (χ4v) is 15.6. The number of aliphatic hydroxyl groups is 2. The van der Waals surface area contributed by atoms with Gasteiger partial charge >= 0.3 is 30.2 Å². The number of rotatable bonds is 11. The third-order valence-corrected chi connectivity index (χ3v) is 20.1. The number of hydrogen-bond acceptors (Lipinski definition) is 24. The van der Waals surface area contributed by atoms with Crippen LogP contribution >= 0.6 is 0 Å². The van der Waals surface area contributed by atoms with E-state index in [1.807, 2.05) is 100 Å². The standard InChI is InChI=1S/C32H51NO11.C30H49NO10.CH4O/c1-12-22-32(9,44-30(37)40-22)27-19(6)24-15(2)14-31(8,43-24)26(17(4)23(35)18(5)28(36)41-27)42-29-25(39-20(7)34)21(33(10)11)13-16(3)38-29;1-11-20-30(8,41-28(35)37-20)25-18(6)23-14(2)13-29(7,40-23)24(16(4)21(32)17(5)26(34)38-25)39-27-22(33)19(31(9)10)12-15(3)36-27;1-2/h15-19,21-22,24-27,29H,12-14H2,1-11H3;14-20,22-25,27,33H,11-13H2,1-10H3;2H,1H3/t15?,16?,17-,18+,19-,21?,22+,24?,25?,26+,27+,29-,31-,32+;14?,15?,16-,17+,18-,19?,20+,22?,23?,24+,25+,27-,29-,30+;/m00./s1. The van der Waals surface area contributed by atoms with E-state index in [1.165, 1.54) is 20.8 Å². The molecule has 0 aromatic heterocycles. The molecular formula is C63H104N2O22. The maximum Gasteiger partial charge on any atom is 0.509 e. The normalized spacial score (nSPS) is 46.9. The molecule has 0 aromatic carbocycles. The van der Waals surface area contributed by atoms with Gasteiger partial charge in [0.15, 0.2) is 41.5 Å². The van der Waals surface area contributed by atoms with Gasteiger partial charge in [0.05, 0.1) is 53.9 Å². The van der Waals surface area contributed by atoms with E-state index >= 15 is 0 Å². The fraction of sp³-hybridized carbons (Fsp3) is 0.889. The van der Waals surface area contributed by atoms with Crippen LogP contribution in [0.3, 0.4) is 0 Å². The number of cyclic esters (lactones) is 6. The third kappa shape index (κ3) is 14.5. The molecule has 10 unspecified atom stereocenters. The molecule has 498 valence electrons. The van der Waals surface area contributed by atoms with Gasteiger partial charge in [-0.2, -0.15) is 0 Å².